The molecule has 2 aromatic carbocycles. The first-order valence-corrected chi connectivity index (χ1v) is 10.7. The number of para-hydroxylation sites is 2. The van der Waals surface area contributed by atoms with Crippen LogP contribution in [0.25, 0.3) is 11.4 Å². The number of hydrogen-bond donors (Lipinski definition) is 1. The van der Waals surface area contributed by atoms with E-state index >= 15 is 0 Å². The Bertz CT molecular complexity index is 1230. The molecular weight excluding hydrogens is 416 g/mol. The van der Waals surface area contributed by atoms with Gasteiger partial charge in [-0.2, -0.15) is 0 Å². The van der Waals surface area contributed by atoms with Gasteiger partial charge in [-0.3, -0.25) is 9.78 Å². The lowest BCUT2D eigenvalue weighted by molar-refractivity contribution is -0.119. The molecule has 1 atom stereocenters. The fraction of sp³-hybridized carbons (Fsp3) is 0.154. The summed E-state index contributed by atoms with van der Waals surface area (Å²) >= 11 is 0. The lowest BCUT2D eigenvalue weighted by Crippen LogP contribution is -2.24. The summed E-state index contributed by atoms with van der Waals surface area (Å²) in [5, 5.41) is 0. The molecule has 2 N–H and O–H groups in total. The van der Waals surface area contributed by atoms with Crippen molar-refractivity contribution >= 4 is 5.91 Å². The van der Waals surface area contributed by atoms with Gasteiger partial charge in [-0.15, -0.1) is 0 Å². The van der Waals surface area contributed by atoms with E-state index in [2.05, 4.69) is 15.0 Å². The maximum atomic E-state index is 12.2. The number of benzene rings is 2. The van der Waals surface area contributed by atoms with E-state index in [-0.39, 0.29) is 0 Å². The minimum atomic E-state index is -0.600. The van der Waals surface area contributed by atoms with E-state index in [1.54, 1.807) is 18.5 Å². The quantitative estimate of drug-likeness (QED) is 0.410. The SMILES string of the molecule is CCOc1ccccc1Oc1cccc(-c2cncc(C(Cc3ccccc3)C(N)=O)n2)n1. The molecule has 0 saturated carbocycles. The van der Waals surface area contributed by atoms with Crippen molar-refractivity contribution in [2.45, 2.75) is 19.3 Å². The predicted molar refractivity (Wildman–Crippen MR) is 125 cm³/mol. The van der Waals surface area contributed by atoms with Crippen LogP contribution in [0.4, 0.5) is 0 Å². The molecule has 7 heteroatoms. The number of ether oxygens (including phenoxy) is 2. The van der Waals surface area contributed by atoms with Crippen LogP contribution in [0.1, 0.15) is 24.1 Å². The molecule has 4 rings (SSSR count). The third kappa shape index (κ3) is 5.51. The van der Waals surface area contributed by atoms with Crippen LogP contribution in [-0.4, -0.2) is 27.5 Å². The van der Waals surface area contributed by atoms with Crippen molar-refractivity contribution in [1.82, 2.24) is 15.0 Å². The molecule has 0 aliphatic carbocycles. The number of carbonyl (C=O) groups is 1. The molecule has 33 heavy (non-hydrogen) atoms. The van der Waals surface area contributed by atoms with E-state index in [4.69, 9.17) is 15.2 Å². The van der Waals surface area contributed by atoms with Crippen molar-refractivity contribution in [2.75, 3.05) is 6.61 Å². The molecule has 0 bridgehead atoms. The Morgan fingerprint density at radius 2 is 1.64 bits per heavy atom. The summed E-state index contributed by atoms with van der Waals surface area (Å²) in [4.78, 5) is 25.7. The Kier molecular flexibility index (Phi) is 6.90. The zero-order valence-corrected chi connectivity index (χ0v) is 18.2. The molecule has 0 aliphatic rings. The Morgan fingerprint density at radius 3 is 2.39 bits per heavy atom. The molecule has 166 valence electrons. The summed E-state index contributed by atoms with van der Waals surface area (Å²) in [7, 11) is 0. The minimum absolute atomic E-state index is 0.391. The minimum Gasteiger partial charge on any atom is -0.490 e. The maximum Gasteiger partial charge on any atom is 0.226 e. The Morgan fingerprint density at radius 1 is 0.879 bits per heavy atom. The second kappa shape index (κ2) is 10.4. The first-order chi connectivity index (χ1) is 16.1. The van der Waals surface area contributed by atoms with Crippen molar-refractivity contribution in [3.05, 3.63) is 96.4 Å². The largest absolute Gasteiger partial charge is 0.490 e. The molecule has 1 amide bonds. The van der Waals surface area contributed by atoms with Crippen LogP contribution in [0, 0.1) is 0 Å². The van der Waals surface area contributed by atoms with Crippen LogP contribution in [0.3, 0.4) is 0 Å². The van der Waals surface area contributed by atoms with E-state index in [0.29, 0.717) is 47.5 Å². The molecule has 0 radical (unpaired) electrons. The highest BCUT2D eigenvalue weighted by Crippen LogP contribution is 2.31. The van der Waals surface area contributed by atoms with Crippen LogP contribution in [0.2, 0.25) is 0 Å². The third-order valence-corrected chi connectivity index (χ3v) is 4.99. The highest BCUT2D eigenvalue weighted by atomic mass is 16.5. The van der Waals surface area contributed by atoms with Gasteiger partial charge in [-0.1, -0.05) is 48.5 Å². The van der Waals surface area contributed by atoms with Crippen LogP contribution in [0.15, 0.2) is 85.2 Å². The molecule has 0 fully saturated rings. The van der Waals surface area contributed by atoms with Crippen molar-refractivity contribution in [3.63, 3.8) is 0 Å². The molecule has 0 spiro atoms. The van der Waals surface area contributed by atoms with Gasteiger partial charge in [0.15, 0.2) is 11.5 Å². The number of rotatable bonds is 9. The summed E-state index contributed by atoms with van der Waals surface area (Å²) in [6.45, 7) is 2.44. The van der Waals surface area contributed by atoms with Gasteiger partial charge in [-0.05, 0) is 37.1 Å². The van der Waals surface area contributed by atoms with E-state index in [1.807, 2.05) is 73.7 Å². The number of aromatic nitrogens is 3. The molecule has 4 aromatic rings. The van der Waals surface area contributed by atoms with Crippen LogP contribution in [-0.2, 0) is 11.2 Å². The van der Waals surface area contributed by atoms with Crippen molar-refractivity contribution in [2.24, 2.45) is 5.73 Å². The lowest BCUT2D eigenvalue weighted by atomic mass is 9.95. The highest BCUT2D eigenvalue weighted by molar-refractivity contribution is 5.81. The standard InChI is InChI=1S/C26H24N4O3/c1-2-32-23-12-6-7-13-24(23)33-25-14-8-11-20(30-25)22-17-28-16-21(29-22)19(26(27)31)15-18-9-4-3-5-10-18/h3-14,16-17,19H,2,15H2,1H3,(H2,27,31). The first-order valence-electron chi connectivity index (χ1n) is 10.7. The number of primary amides is 1. The Balaban J connectivity index is 1.60. The second-order valence-electron chi connectivity index (χ2n) is 7.32. The van der Waals surface area contributed by atoms with Gasteiger partial charge in [0.05, 0.1) is 30.1 Å². The molecule has 0 saturated heterocycles. The third-order valence-electron chi connectivity index (χ3n) is 4.99. The summed E-state index contributed by atoms with van der Waals surface area (Å²) in [5.41, 5.74) is 8.29. The topological polar surface area (TPSA) is 100 Å². The first kappa shape index (κ1) is 22.0. The summed E-state index contributed by atoms with van der Waals surface area (Å²) in [6.07, 6.45) is 3.62. The zero-order valence-electron chi connectivity index (χ0n) is 18.2. The monoisotopic (exact) mass is 440 g/mol. The van der Waals surface area contributed by atoms with E-state index in [9.17, 15) is 4.79 Å². The normalized spacial score (nSPS) is 11.5. The van der Waals surface area contributed by atoms with Gasteiger partial charge in [0, 0.05) is 12.3 Å². The fourth-order valence-corrected chi connectivity index (χ4v) is 3.41. The Hall–Kier alpha value is -4.26. The number of nitrogens with two attached hydrogens (primary N) is 1. The van der Waals surface area contributed by atoms with E-state index in [0.717, 1.165) is 5.56 Å². The number of amides is 1. The highest BCUT2D eigenvalue weighted by Gasteiger charge is 2.21. The molecule has 0 aliphatic heterocycles. The molecule has 7 nitrogen and oxygen atoms in total. The average molecular weight is 441 g/mol. The maximum absolute atomic E-state index is 12.2. The van der Waals surface area contributed by atoms with Crippen LogP contribution < -0.4 is 15.2 Å². The van der Waals surface area contributed by atoms with Gasteiger partial charge in [0.1, 0.15) is 5.69 Å². The smallest absolute Gasteiger partial charge is 0.226 e. The lowest BCUT2D eigenvalue weighted by Gasteiger charge is -2.14. The number of carbonyl (C=O) groups excluding carboxylic acids is 1. The van der Waals surface area contributed by atoms with Gasteiger partial charge in [0.2, 0.25) is 11.8 Å². The summed E-state index contributed by atoms with van der Waals surface area (Å²) in [5.74, 6) is 0.544. The summed E-state index contributed by atoms with van der Waals surface area (Å²) < 4.78 is 11.6. The van der Waals surface area contributed by atoms with Crippen molar-refractivity contribution in [1.29, 1.82) is 0 Å². The van der Waals surface area contributed by atoms with E-state index < -0.39 is 11.8 Å². The molecule has 2 aromatic heterocycles. The van der Waals surface area contributed by atoms with Crippen LogP contribution >= 0.6 is 0 Å². The molecular formula is C26H24N4O3. The van der Waals surface area contributed by atoms with E-state index in [1.165, 1.54) is 0 Å². The second-order valence-corrected chi connectivity index (χ2v) is 7.32. The van der Waals surface area contributed by atoms with Gasteiger partial charge in [-0.25, -0.2) is 9.97 Å². The average Bonchev–Trinajstić information content (AvgIpc) is 2.85. The fourth-order valence-electron chi connectivity index (χ4n) is 3.41. The number of hydrogen-bond acceptors (Lipinski definition) is 6. The van der Waals surface area contributed by atoms with Gasteiger partial charge < -0.3 is 15.2 Å². The van der Waals surface area contributed by atoms with Crippen LogP contribution in [0.5, 0.6) is 17.4 Å². The predicted octanol–water partition coefficient (Wildman–Crippen LogP) is 4.54. The molecule has 1 unspecified atom stereocenters. The molecule has 2 heterocycles. The van der Waals surface area contributed by atoms with Crippen molar-refractivity contribution in [3.8, 4) is 28.8 Å². The number of nitrogens with zero attached hydrogens (tertiary/aromatic N) is 3. The Labute approximate surface area is 192 Å². The number of pyridine rings is 1. The van der Waals surface area contributed by atoms with Crippen molar-refractivity contribution < 1.29 is 14.3 Å². The van der Waals surface area contributed by atoms with Gasteiger partial charge in [0.25, 0.3) is 0 Å². The summed E-state index contributed by atoms with van der Waals surface area (Å²) in [6, 6.07) is 22.5. The van der Waals surface area contributed by atoms with Gasteiger partial charge >= 0.3 is 0 Å². The zero-order chi connectivity index (χ0) is 23.0.